The Hall–Kier alpha value is -1.88. The molecule has 0 aliphatic carbocycles. The fourth-order valence-corrected chi connectivity index (χ4v) is 1.68. The maximum absolute atomic E-state index is 13.2. The predicted molar refractivity (Wildman–Crippen MR) is 66.5 cm³/mol. The molecule has 1 unspecified atom stereocenters. The van der Waals surface area contributed by atoms with Crippen LogP contribution in [0.25, 0.3) is 0 Å². The molecule has 18 heavy (non-hydrogen) atoms. The van der Waals surface area contributed by atoms with Crippen LogP contribution in [0.15, 0.2) is 30.7 Å². The molecule has 96 valence electrons. The SMILES string of the molecule is CC(N)c1cc(F)ccc1OCc1cncn1C. The summed E-state index contributed by atoms with van der Waals surface area (Å²) in [5.41, 5.74) is 7.40. The third-order valence-electron chi connectivity index (χ3n) is 2.75. The van der Waals surface area contributed by atoms with Gasteiger partial charge in [0.2, 0.25) is 0 Å². The van der Waals surface area contributed by atoms with Crippen LogP contribution < -0.4 is 10.5 Å². The van der Waals surface area contributed by atoms with Gasteiger partial charge in [-0.1, -0.05) is 0 Å². The first-order valence-electron chi connectivity index (χ1n) is 5.71. The molecule has 0 amide bonds. The molecule has 1 atom stereocenters. The number of nitrogens with zero attached hydrogens (tertiary/aromatic N) is 2. The Morgan fingerprint density at radius 2 is 2.28 bits per heavy atom. The van der Waals surface area contributed by atoms with Crippen molar-refractivity contribution in [3.05, 3.63) is 47.8 Å². The summed E-state index contributed by atoms with van der Waals surface area (Å²) in [6.07, 6.45) is 3.44. The van der Waals surface area contributed by atoms with Gasteiger partial charge < -0.3 is 15.0 Å². The molecule has 0 saturated carbocycles. The summed E-state index contributed by atoms with van der Waals surface area (Å²) in [5, 5.41) is 0. The van der Waals surface area contributed by atoms with Gasteiger partial charge in [-0.25, -0.2) is 9.37 Å². The van der Waals surface area contributed by atoms with E-state index in [2.05, 4.69) is 4.98 Å². The Morgan fingerprint density at radius 1 is 1.50 bits per heavy atom. The lowest BCUT2D eigenvalue weighted by Crippen LogP contribution is -2.09. The summed E-state index contributed by atoms with van der Waals surface area (Å²) in [6, 6.07) is 4.10. The van der Waals surface area contributed by atoms with Crippen molar-refractivity contribution >= 4 is 0 Å². The highest BCUT2D eigenvalue weighted by molar-refractivity contribution is 5.36. The fraction of sp³-hybridized carbons (Fsp3) is 0.308. The van der Waals surface area contributed by atoms with E-state index in [9.17, 15) is 4.39 Å². The van der Waals surface area contributed by atoms with E-state index in [1.165, 1.54) is 12.1 Å². The molecule has 4 nitrogen and oxygen atoms in total. The van der Waals surface area contributed by atoms with Crippen molar-refractivity contribution in [1.82, 2.24) is 9.55 Å². The van der Waals surface area contributed by atoms with Crippen LogP contribution >= 0.6 is 0 Å². The lowest BCUT2D eigenvalue weighted by atomic mass is 10.1. The standard InChI is InChI=1S/C13H16FN3O/c1-9(15)12-5-10(14)3-4-13(12)18-7-11-6-16-8-17(11)2/h3-6,8-9H,7,15H2,1-2H3. The fourth-order valence-electron chi connectivity index (χ4n) is 1.68. The van der Waals surface area contributed by atoms with E-state index in [1.807, 2.05) is 11.6 Å². The van der Waals surface area contributed by atoms with Gasteiger partial charge in [0.15, 0.2) is 0 Å². The van der Waals surface area contributed by atoms with E-state index >= 15 is 0 Å². The summed E-state index contributed by atoms with van der Waals surface area (Å²) in [4.78, 5) is 4.00. The second-order valence-corrected chi connectivity index (χ2v) is 4.26. The van der Waals surface area contributed by atoms with Crippen molar-refractivity contribution in [2.45, 2.75) is 19.6 Å². The molecule has 5 heteroatoms. The van der Waals surface area contributed by atoms with Crippen LogP contribution in [0.3, 0.4) is 0 Å². The van der Waals surface area contributed by atoms with Crippen LogP contribution in [0.2, 0.25) is 0 Å². The van der Waals surface area contributed by atoms with Crippen LogP contribution in [0.5, 0.6) is 5.75 Å². The van der Waals surface area contributed by atoms with Gasteiger partial charge >= 0.3 is 0 Å². The van der Waals surface area contributed by atoms with Crippen molar-refractivity contribution in [2.75, 3.05) is 0 Å². The van der Waals surface area contributed by atoms with E-state index in [0.717, 1.165) is 5.69 Å². The Kier molecular flexibility index (Phi) is 3.62. The summed E-state index contributed by atoms with van der Waals surface area (Å²) in [7, 11) is 1.89. The largest absolute Gasteiger partial charge is 0.487 e. The molecule has 0 aliphatic rings. The van der Waals surface area contributed by atoms with Crippen molar-refractivity contribution < 1.29 is 9.13 Å². The summed E-state index contributed by atoms with van der Waals surface area (Å²) in [6.45, 7) is 2.17. The Balaban J connectivity index is 2.16. The molecule has 0 fully saturated rings. The quantitative estimate of drug-likeness (QED) is 0.903. The zero-order valence-corrected chi connectivity index (χ0v) is 10.4. The minimum atomic E-state index is -0.310. The van der Waals surface area contributed by atoms with Gasteiger partial charge in [0, 0.05) is 18.7 Å². The minimum absolute atomic E-state index is 0.276. The van der Waals surface area contributed by atoms with Gasteiger partial charge in [0.1, 0.15) is 18.2 Å². The molecule has 1 heterocycles. The smallest absolute Gasteiger partial charge is 0.130 e. The molecule has 0 saturated heterocycles. The highest BCUT2D eigenvalue weighted by Gasteiger charge is 2.10. The van der Waals surface area contributed by atoms with Crippen molar-refractivity contribution in [2.24, 2.45) is 12.8 Å². The second-order valence-electron chi connectivity index (χ2n) is 4.26. The number of hydrogen-bond acceptors (Lipinski definition) is 3. The highest BCUT2D eigenvalue weighted by Crippen LogP contribution is 2.25. The second kappa shape index (κ2) is 5.18. The Labute approximate surface area is 105 Å². The molecule has 0 radical (unpaired) electrons. The average Bonchev–Trinajstić information content (AvgIpc) is 2.73. The number of aromatic nitrogens is 2. The van der Waals surface area contributed by atoms with Crippen LogP contribution in [-0.4, -0.2) is 9.55 Å². The number of nitrogens with two attached hydrogens (primary N) is 1. The van der Waals surface area contributed by atoms with Gasteiger partial charge in [-0.15, -0.1) is 0 Å². The van der Waals surface area contributed by atoms with Crippen molar-refractivity contribution in [3.8, 4) is 5.75 Å². The molecule has 0 bridgehead atoms. The maximum Gasteiger partial charge on any atom is 0.130 e. The summed E-state index contributed by atoms with van der Waals surface area (Å²) in [5.74, 6) is 0.294. The number of hydrogen-bond donors (Lipinski definition) is 1. The molecule has 1 aromatic carbocycles. The molecule has 2 aromatic rings. The van der Waals surface area contributed by atoms with Crippen LogP contribution in [0.1, 0.15) is 24.2 Å². The predicted octanol–water partition coefficient (Wildman–Crippen LogP) is 2.16. The minimum Gasteiger partial charge on any atom is -0.487 e. The molecular weight excluding hydrogens is 233 g/mol. The van der Waals surface area contributed by atoms with Crippen LogP contribution in [-0.2, 0) is 13.7 Å². The zero-order chi connectivity index (χ0) is 13.1. The molecule has 0 spiro atoms. The maximum atomic E-state index is 13.2. The summed E-state index contributed by atoms with van der Waals surface area (Å²) >= 11 is 0. The molecule has 2 N–H and O–H groups in total. The third kappa shape index (κ3) is 2.68. The Bertz CT molecular complexity index is 537. The number of rotatable bonds is 4. The highest BCUT2D eigenvalue weighted by atomic mass is 19.1. The normalized spacial score (nSPS) is 12.4. The van der Waals surface area contributed by atoms with Crippen LogP contribution in [0.4, 0.5) is 4.39 Å². The van der Waals surface area contributed by atoms with E-state index in [1.54, 1.807) is 25.5 Å². The van der Waals surface area contributed by atoms with Gasteiger partial charge in [0.05, 0.1) is 18.2 Å². The zero-order valence-electron chi connectivity index (χ0n) is 10.4. The van der Waals surface area contributed by atoms with E-state index in [0.29, 0.717) is 17.9 Å². The Morgan fingerprint density at radius 3 is 2.89 bits per heavy atom. The first-order valence-corrected chi connectivity index (χ1v) is 5.71. The van der Waals surface area contributed by atoms with Gasteiger partial charge in [-0.3, -0.25) is 0 Å². The lowest BCUT2D eigenvalue weighted by molar-refractivity contribution is 0.292. The third-order valence-corrected chi connectivity index (χ3v) is 2.75. The number of ether oxygens (including phenoxy) is 1. The lowest BCUT2D eigenvalue weighted by Gasteiger charge is -2.14. The van der Waals surface area contributed by atoms with Gasteiger partial charge in [-0.2, -0.15) is 0 Å². The molecule has 0 aliphatic heterocycles. The first kappa shape index (κ1) is 12.6. The van der Waals surface area contributed by atoms with E-state index < -0.39 is 0 Å². The topological polar surface area (TPSA) is 53.1 Å². The number of imidazole rings is 1. The first-order chi connectivity index (χ1) is 8.58. The molecule has 2 rings (SSSR count). The number of halogens is 1. The van der Waals surface area contributed by atoms with E-state index in [4.69, 9.17) is 10.5 Å². The van der Waals surface area contributed by atoms with Crippen LogP contribution in [0, 0.1) is 5.82 Å². The monoisotopic (exact) mass is 249 g/mol. The average molecular weight is 249 g/mol. The van der Waals surface area contributed by atoms with Crippen molar-refractivity contribution in [3.63, 3.8) is 0 Å². The molecule has 1 aromatic heterocycles. The number of benzene rings is 1. The van der Waals surface area contributed by atoms with Gasteiger partial charge in [-0.05, 0) is 25.1 Å². The molecular formula is C13H16FN3O. The van der Waals surface area contributed by atoms with E-state index in [-0.39, 0.29) is 11.9 Å². The van der Waals surface area contributed by atoms with Crippen molar-refractivity contribution in [1.29, 1.82) is 0 Å². The summed E-state index contributed by atoms with van der Waals surface area (Å²) < 4.78 is 20.7. The number of aryl methyl sites for hydroxylation is 1. The van der Waals surface area contributed by atoms with Gasteiger partial charge in [0.25, 0.3) is 0 Å².